The van der Waals surface area contributed by atoms with Crippen molar-refractivity contribution >= 4 is 27.5 Å². The first-order chi connectivity index (χ1) is 14.8. The highest BCUT2D eigenvalue weighted by molar-refractivity contribution is 7.89. The number of nitrogens with zero attached hydrogens (tertiary/aromatic N) is 1. The van der Waals surface area contributed by atoms with Gasteiger partial charge in [-0.1, -0.05) is 12.8 Å². The Balaban J connectivity index is 1.90. The molecule has 1 atom stereocenters. The van der Waals surface area contributed by atoms with Gasteiger partial charge < -0.3 is 25.4 Å². The predicted octanol–water partition coefficient (Wildman–Crippen LogP) is -0.138. The van der Waals surface area contributed by atoms with E-state index >= 15 is 0 Å². The third kappa shape index (κ3) is 5.32. The Morgan fingerprint density at radius 3 is 2.71 bits per heavy atom. The Bertz CT molecular complexity index is 936. The Morgan fingerprint density at radius 1 is 1.39 bits per heavy atom. The van der Waals surface area contributed by atoms with Crippen LogP contribution in [0.2, 0.25) is 0 Å². The van der Waals surface area contributed by atoms with E-state index in [1.807, 2.05) is 0 Å². The number of hydrogen-bond acceptors (Lipinski definition) is 7. The number of carbonyl (C=O) groups is 2. The number of amides is 2. The van der Waals surface area contributed by atoms with Crippen LogP contribution < -0.4 is 25.4 Å². The van der Waals surface area contributed by atoms with Crippen molar-refractivity contribution in [1.29, 1.82) is 0 Å². The smallest absolute Gasteiger partial charge is 0.253 e. The first-order valence-electron chi connectivity index (χ1n) is 10.0. The van der Waals surface area contributed by atoms with Gasteiger partial charge in [-0.25, -0.2) is 12.8 Å². The van der Waals surface area contributed by atoms with Gasteiger partial charge in [0.15, 0.2) is 5.75 Å². The lowest BCUT2D eigenvalue weighted by Gasteiger charge is -2.29. The first-order valence-corrected chi connectivity index (χ1v) is 11.5. The van der Waals surface area contributed by atoms with Crippen LogP contribution in [0.4, 0.5) is 10.1 Å². The Hall–Kier alpha value is -2.28. The second-order valence-electron chi connectivity index (χ2n) is 7.45. The molecule has 1 aliphatic carbocycles. The number of rotatable bonds is 8. The van der Waals surface area contributed by atoms with E-state index in [1.54, 1.807) is 0 Å². The highest BCUT2D eigenvalue weighted by Gasteiger charge is 2.33. The van der Waals surface area contributed by atoms with Crippen LogP contribution in [0.25, 0.3) is 0 Å². The average Bonchev–Trinajstić information content (AvgIpc) is 3.24. The van der Waals surface area contributed by atoms with Gasteiger partial charge in [-0.05, 0) is 18.9 Å². The predicted molar refractivity (Wildman–Crippen MR) is 110 cm³/mol. The molecular weight excluding hydrogens is 431 g/mol. The number of nitrogens with one attached hydrogen (secondary N) is 2. The monoisotopic (exact) mass is 458 g/mol. The van der Waals surface area contributed by atoms with Gasteiger partial charge in [0, 0.05) is 25.2 Å². The Labute approximate surface area is 180 Å². The van der Waals surface area contributed by atoms with E-state index in [0.29, 0.717) is 0 Å². The van der Waals surface area contributed by atoms with E-state index < -0.39 is 38.6 Å². The maximum atomic E-state index is 14.4. The molecule has 31 heavy (non-hydrogen) atoms. The van der Waals surface area contributed by atoms with Crippen LogP contribution in [0.15, 0.2) is 17.0 Å². The number of benzene rings is 1. The molecule has 12 heteroatoms. The maximum absolute atomic E-state index is 14.4. The zero-order chi connectivity index (χ0) is 22.6. The molecule has 1 aliphatic heterocycles. The van der Waals surface area contributed by atoms with Crippen LogP contribution in [0.5, 0.6) is 5.75 Å². The minimum absolute atomic E-state index is 0.0197. The van der Waals surface area contributed by atoms with Crippen molar-refractivity contribution in [3.8, 4) is 5.75 Å². The molecule has 10 nitrogen and oxygen atoms in total. The van der Waals surface area contributed by atoms with Gasteiger partial charge in [-0.3, -0.25) is 9.59 Å². The average molecular weight is 459 g/mol. The zero-order valence-electron chi connectivity index (χ0n) is 17.2. The topological polar surface area (TPSA) is 140 Å². The lowest BCUT2D eigenvalue weighted by atomic mass is 10.2. The molecule has 0 spiro atoms. The van der Waals surface area contributed by atoms with Crippen molar-refractivity contribution in [2.45, 2.75) is 42.7 Å². The van der Waals surface area contributed by atoms with Gasteiger partial charge in [0.1, 0.15) is 23.4 Å². The number of sulfonamides is 1. The van der Waals surface area contributed by atoms with Crippen molar-refractivity contribution in [3.05, 3.63) is 17.9 Å². The summed E-state index contributed by atoms with van der Waals surface area (Å²) in [6.07, 6.45) is 3.63. The third-order valence-electron chi connectivity index (χ3n) is 5.32. The zero-order valence-corrected chi connectivity index (χ0v) is 18.0. The molecule has 1 heterocycles. The van der Waals surface area contributed by atoms with Crippen LogP contribution in [0, 0.1) is 5.82 Å². The summed E-state index contributed by atoms with van der Waals surface area (Å²) in [5, 5.41) is 2.79. The number of carbonyl (C=O) groups excluding carboxylic acids is 2. The van der Waals surface area contributed by atoms with Gasteiger partial charge in [-0.15, -0.1) is 0 Å². The Kier molecular flexibility index (Phi) is 7.46. The first kappa shape index (κ1) is 23.4. The second kappa shape index (κ2) is 9.90. The summed E-state index contributed by atoms with van der Waals surface area (Å²) in [6.45, 7) is -0.177. The molecular formula is C19H27FN4O6S. The largest absolute Gasteiger partial charge is 0.493 e. The number of ether oxygens (including phenoxy) is 2. The van der Waals surface area contributed by atoms with Crippen molar-refractivity contribution in [1.82, 2.24) is 10.0 Å². The lowest BCUT2D eigenvalue weighted by Crippen LogP contribution is -2.52. The van der Waals surface area contributed by atoms with E-state index in [9.17, 15) is 22.4 Å². The minimum Gasteiger partial charge on any atom is -0.493 e. The highest BCUT2D eigenvalue weighted by atomic mass is 32.2. The molecule has 3 rings (SSSR count). The summed E-state index contributed by atoms with van der Waals surface area (Å²) < 4.78 is 53.1. The molecule has 2 fully saturated rings. The molecule has 1 aromatic carbocycles. The van der Waals surface area contributed by atoms with Gasteiger partial charge in [0.25, 0.3) is 5.91 Å². The fraction of sp³-hybridized carbons (Fsp3) is 0.579. The van der Waals surface area contributed by atoms with E-state index in [1.165, 1.54) is 12.0 Å². The summed E-state index contributed by atoms with van der Waals surface area (Å²) in [5.41, 5.74) is 5.61. The quantitative estimate of drug-likeness (QED) is 0.493. The van der Waals surface area contributed by atoms with E-state index in [0.717, 1.165) is 37.8 Å². The number of halogens is 1. The van der Waals surface area contributed by atoms with Crippen molar-refractivity contribution < 1.29 is 31.9 Å². The molecule has 1 aromatic rings. The normalized spacial score (nSPS) is 18.8. The van der Waals surface area contributed by atoms with E-state index in [-0.39, 0.29) is 43.8 Å². The summed E-state index contributed by atoms with van der Waals surface area (Å²) in [5.74, 6) is -2.09. The van der Waals surface area contributed by atoms with Crippen LogP contribution in [-0.2, 0) is 24.3 Å². The van der Waals surface area contributed by atoms with Crippen molar-refractivity contribution in [2.75, 3.05) is 38.3 Å². The standard InChI is InChI=1S/C19H27FN4O6S/c1-29-18-15(24-6-7-30-11-17(24)25)8-12(20)9-16(18)31(27,28)23-14(10-21)19(26)22-13-4-2-3-5-13/h8-9,13-14,23H,2-7,10-11,21H2,1H3,(H,22,26)/t14-/m0/s1. The molecule has 2 amide bonds. The molecule has 172 valence electrons. The van der Waals surface area contributed by atoms with E-state index in [4.69, 9.17) is 15.2 Å². The number of anilines is 1. The number of methoxy groups -OCH3 is 1. The summed E-state index contributed by atoms with van der Waals surface area (Å²) in [4.78, 5) is 25.4. The molecule has 4 N–H and O–H groups in total. The van der Waals surface area contributed by atoms with Crippen LogP contribution in [0.1, 0.15) is 25.7 Å². The van der Waals surface area contributed by atoms with Crippen LogP contribution >= 0.6 is 0 Å². The van der Waals surface area contributed by atoms with Crippen molar-refractivity contribution in [3.63, 3.8) is 0 Å². The molecule has 2 aliphatic rings. The molecule has 0 aromatic heterocycles. The maximum Gasteiger partial charge on any atom is 0.253 e. The summed E-state index contributed by atoms with van der Waals surface area (Å²) in [6, 6.07) is 0.535. The number of nitrogens with two attached hydrogens (primary N) is 1. The van der Waals surface area contributed by atoms with Crippen molar-refractivity contribution in [2.24, 2.45) is 5.73 Å². The fourth-order valence-corrected chi connectivity index (χ4v) is 5.17. The van der Waals surface area contributed by atoms with Gasteiger partial charge in [0.05, 0.1) is 19.4 Å². The molecule has 0 bridgehead atoms. The SMILES string of the molecule is COc1c(N2CCOCC2=O)cc(F)cc1S(=O)(=O)N[C@@H](CN)C(=O)NC1CCCC1. The molecule has 1 saturated heterocycles. The van der Waals surface area contributed by atoms with Crippen LogP contribution in [-0.4, -0.2) is 65.7 Å². The number of morpholine rings is 1. The molecule has 0 unspecified atom stereocenters. The van der Waals surface area contributed by atoms with Gasteiger partial charge in [-0.2, -0.15) is 4.72 Å². The minimum atomic E-state index is -4.42. The fourth-order valence-electron chi connectivity index (χ4n) is 3.76. The molecule has 0 radical (unpaired) electrons. The second-order valence-corrected chi connectivity index (χ2v) is 9.14. The third-order valence-corrected chi connectivity index (χ3v) is 6.80. The van der Waals surface area contributed by atoms with Gasteiger partial charge in [0.2, 0.25) is 15.9 Å². The number of hydrogen-bond donors (Lipinski definition) is 3. The van der Waals surface area contributed by atoms with E-state index in [2.05, 4.69) is 10.0 Å². The lowest BCUT2D eigenvalue weighted by molar-refractivity contribution is -0.125. The Morgan fingerprint density at radius 2 is 2.10 bits per heavy atom. The summed E-state index contributed by atoms with van der Waals surface area (Å²) in [7, 11) is -3.20. The molecule has 1 saturated carbocycles. The summed E-state index contributed by atoms with van der Waals surface area (Å²) >= 11 is 0. The highest BCUT2D eigenvalue weighted by Crippen LogP contribution is 2.36. The van der Waals surface area contributed by atoms with Crippen LogP contribution in [0.3, 0.4) is 0 Å². The van der Waals surface area contributed by atoms with Gasteiger partial charge >= 0.3 is 0 Å².